The molecule has 1 spiro atoms. The molecule has 1 N–H and O–H groups in total. The normalized spacial score (nSPS) is 31.2. The van der Waals surface area contributed by atoms with E-state index in [-0.39, 0.29) is 25.0 Å². The summed E-state index contributed by atoms with van der Waals surface area (Å²) in [6.45, 7) is 17.5. The van der Waals surface area contributed by atoms with Gasteiger partial charge in [0.25, 0.3) is 0 Å². The van der Waals surface area contributed by atoms with Crippen LogP contribution in [0.4, 0.5) is 0 Å². The molecule has 0 aliphatic carbocycles. The van der Waals surface area contributed by atoms with Gasteiger partial charge in [-0.05, 0) is 65.7 Å². The smallest absolute Gasteiger partial charge is 0.312 e. The topological polar surface area (TPSA) is 96.4 Å². The minimum atomic E-state index is -1.13. The maximum absolute atomic E-state index is 14.3. The number of likely N-dealkylation sites (tertiary alicyclic amines) is 1. The molecule has 8 heteroatoms. The van der Waals surface area contributed by atoms with E-state index in [1.807, 2.05) is 40.7 Å². The number of unbranched alkanes of at least 4 members (excludes halogenated alkanes) is 2. The van der Waals surface area contributed by atoms with Gasteiger partial charge < -0.3 is 24.4 Å². The number of aliphatic hydroxyl groups is 1. The van der Waals surface area contributed by atoms with Gasteiger partial charge in [-0.15, -0.1) is 13.2 Å². The van der Waals surface area contributed by atoms with Crippen molar-refractivity contribution < 1.29 is 29.0 Å². The number of carbonyl (C=O) groups excluding carboxylic acids is 3. The molecule has 3 aliphatic rings. The molecule has 3 rings (SSSR count). The lowest BCUT2D eigenvalue weighted by Crippen LogP contribution is -2.61. The fourth-order valence-electron chi connectivity index (χ4n) is 6.73. The van der Waals surface area contributed by atoms with Gasteiger partial charge in [-0.2, -0.15) is 0 Å². The molecule has 37 heavy (non-hydrogen) atoms. The number of esters is 1. The van der Waals surface area contributed by atoms with Gasteiger partial charge in [0.2, 0.25) is 11.8 Å². The lowest BCUT2D eigenvalue weighted by molar-refractivity contribution is -0.164. The highest BCUT2D eigenvalue weighted by Gasteiger charge is 2.79. The predicted octanol–water partition coefficient (Wildman–Crippen LogP) is 3.62. The Bertz CT molecular complexity index is 893. The monoisotopic (exact) mass is 518 g/mol. The number of carbonyl (C=O) groups is 3. The van der Waals surface area contributed by atoms with E-state index in [4.69, 9.17) is 9.47 Å². The minimum Gasteiger partial charge on any atom is -0.465 e. The maximum atomic E-state index is 14.3. The molecule has 3 saturated heterocycles. The molecule has 3 aliphatic heterocycles. The predicted molar refractivity (Wildman–Crippen MR) is 142 cm³/mol. The maximum Gasteiger partial charge on any atom is 0.312 e. The quantitative estimate of drug-likeness (QED) is 0.227. The zero-order chi connectivity index (χ0) is 27.6. The Morgan fingerprint density at radius 1 is 1.24 bits per heavy atom. The van der Waals surface area contributed by atoms with Crippen LogP contribution in [0.15, 0.2) is 25.3 Å². The van der Waals surface area contributed by atoms with Crippen LogP contribution in [0.25, 0.3) is 0 Å². The number of aliphatic hydroxyl groups excluding tert-OH is 1. The van der Waals surface area contributed by atoms with E-state index < -0.39 is 46.6 Å². The van der Waals surface area contributed by atoms with Gasteiger partial charge in [0.05, 0.1) is 30.8 Å². The van der Waals surface area contributed by atoms with Crippen LogP contribution in [0.5, 0.6) is 0 Å². The Labute approximate surface area is 222 Å². The van der Waals surface area contributed by atoms with E-state index >= 15 is 0 Å². The lowest BCUT2D eigenvalue weighted by Gasteiger charge is -2.43. The van der Waals surface area contributed by atoms with E-state index in [0.717, 1.165) is 12.8 Å². The molecule has 3 heterocycles. The van der Waals surface area contributed by atoms with Crippen molar-refractivity contribution in [3.05, 3.63) is 25.3 Å². The Hall–Kier alpha value is -2.19. The molecule has 0 radical (unpaired) electrons. The summed E-state index contributed by atoms with van der Waals surface area (Å²) in [6.07, 6.45) is 8.04. The highest BCUT2D eigenvalue weighted by Crippen LogP contribution is 2.65. The molecule has 208 valence electrons. The number of nitrogens with zero attached hydrogens (tertiary/aromatic N) is 2. The summed E-state index contributed by atoms with van der Waals surface area (Å²) in [4.78, 5) is 45.3. The molecule has 0 aromatic heterocycles. The number of hydrogen-bond acceptors (Lipinski definition) is 6. The average Bonchev–Trinajstić information content (AvgIpc) is 3.46. The molecule has 2 amide bonds. The van der Waals surface area contributed by atoms with Crippen molar-refractivity contribution >= 4 is 17.8 Å². The lowest BCUT2D eigenvalue weighted by atomic mass is 9.65. The summed E-state index contributed by atoms with van der Waals surface area (Å²) in [5.74, 6) is -2.56. The van der Waals surface area contributed by atoms with Crippen LogP contribution in [0, 0.1) is 11.8 Å². The SMILES string of the molecule is C=CCCCCOC(=O)[C@@H]1[C@H]2C(=O)N([C@@H](CC)CO)C(C(=O)N(CC=C)C(C)(C)C)C23CC[C@@]1(CC)O3. The first kappa shape index (κ1) is 29.4. The van der Waals surface area contributed by atoms with Crippen molar-refractivity contribution in [3.63, 3.8) is 0 Å². The Kier molecular flexibility index (Phi) is 8.95. The Morgan fingerprint density at radius 2 is 1.95 bits per heavy atom. The first-order valence-electron chi connectivity index (χ1n) is 13.8. The molecule has 0 saturated carbocycles. The summed E-state index contributed by atoms with van der Waals surface area (Å²) in [7, 11) is 0. The van der Waals surface area contributed by atoms with E-state index in [9.17, 15) is 19.5 Å². The van der Waals surface area contributed by atoms with Crippen molar-refractivity contribution in [2.75, 3.05) is 19.8 Å². The van der Waals surface area contributed by atoms with E-state index in [2.05, 4.69) is 13.2 Å². The van der Waals surface area contributed by atoms with Gasteiger partial charge in [-0.3, -0.25) is 14.4 Å². The molecule has 6 atom stereocenters. The third kappa shape index (κ3) is 4.87. The van der Waals surface area contributed by atoms with E-state index in [1.165, 1.54) is 4.90 Å². The minimum absolute atomic E-state index is 0.236. The highest BCUT2D eigenvalue weighted by atomic mass is 16.6. The van der Waals surface area contributed by atoms with Crippen molar-refractivity contribution in [3.8, 4) is 0 Å². The zero-order valence-corrected chi connectivity index (χ0v) is 23.3. The van der Waals surface area contributed by atoms with Crippen LogP contribution >= 0.6 is 0 Å². The standard InChI is InChI=1S/C29H46N2O6/c1-8-12-13-14-18-36-26(35)22-21-24(33)31(20(10-3)19-32)23(25(34)30(17-9-2)27(5,6)7)29(21)16-15-28(22,11-4)37-29/h8-9,20-23,32H,1-2,10-19H2,3-7H3/t20-,21-,22-,23?,28+,29?/m0/s1. The molecular formula is C29H46N2O6. The summed E-state index contributed by atoms with van der Waals surface area (Å²) >= 11 is 0. The molecule has 3 fully saturated rings. The van der Waals surface area contributed by atoms with Gasteiger partial charge in [-0.1, -0.05) is 26.0 Å². The van der Waals surface area contributed by atoms with Gasteiger partial charge >= 0.3 is 5.97 Å². The molecule has 2 bridgehead atoms. The van der Waals surface area contributed by atoms with Gasteiger partial charge in [0.15, 0.2) is 0 Å². The number of allylic oxidation sites excluding steroid dienone is 1. The number of amides is 2. The van der Waals surface area contributed by atoms with Crippen LogP contribution in [0.2, 0.25) is 0 Å². The van der Waals surface area contributed by atoms with Crippen molar-refractivity contribution in [1.29, 1.82) is 0 Å². The van der Waals surface area contributed by atoms with Crippen LogP contribution < -0.4 is 0 Å². The van der Waals surface area contributed by atoms with Crippen LogP contribution in [0.3, 0.4) is 0 Å². The third-order valence-electron chi connectivity index (χ3n) is 8.62. The Morgan fingerprint density at radius 3 is 2.49 bits per heavy atom. The van der Waals surface area contributed by atoms with Gasteiger partial charge in [-0.25, -0.2) is 0 Å². The van der Waals surface area contributed by atoms with Crippen LogP contribution in [-0.2, 0) is 23.9 Å². The second-order valence-corrected chi connectivity index (χ2v) is 11.7. The first-order chi connectivity index (χ1) is 17.5. The largest absolute Gasteiger partial charge is 0.465 e. The van der Waals surface area contributed by atoms with Crippen molar-refractivity contribution in [2.24, 2.45) is 11.8 Å². The molecule has 0 aromatic carbocycles. The van der Waals surface area contributed by atoms with Crippen molar-refractivity contribution in [2.45, 2.75) is 108 Å². The number of fused-ring (bicyclic) bond motifs is 1. The number of hydrogen-bond donors (Lipinski definition) is 1. The molecule has 0 aromatic rings. The molecule has 2 unspecified atom stereocenters. The van der Waals surface area contributed by atoms with Crippen LogP contribution in [-0.4, -0.2) is 81.3 Å². The van der Waals surface area contributed by atoms with Gasteiger partial charge in [0, 0.05) is 12.1 Å². The fourth-order valence-corrected chi connectivity index (χ4v) is 6.73. The van der Waals surface area contributed by atoms with Gasteiger partial charge in [0.1, 0.15) is 17.6 Å². The molecule has 8 nitrogen and oxygen atoms in total. The van der Waals surface area contributed by atoms with E-state index in [0.29, 0.717) is 38.6 Å². The summed E-state index contributed by atoms with van der Waals surface area (Å²) in [5.41, 5.74) is -2.50. The van der Waals surface area contributed by atoms with E-state index in [1.54, 1.807) is 11.0 Å². The highest BCUT2D eigenvalue weighted by molar-refractivity contribution is 5.99. The Balaban J connectivity index is 2.05. The number of rotatable bonds is 13. The third-order valence-corrected chi connectivity index (χ3v) is 8.62. The van der Waals surface area contributed by atoms with Crippen molar-refractivity contribution in [1.82, 2.24) is 9.80 Å². The number of ether oxygens (including phenoxy) is 2. The molecular weight excluding hydrogens is 472 g/mol. The second-order valence-electron chi connectivity index (χ2n) is 11.7. The fraction of sp³-hybridized carbons (Fsp3) is 0.759. The summed E-state index contributed by atoms with van der Waals surface area (Å²) < 4.78 is 12.5. The summed E-state index contributed by atoms with van der Waals surface area (Å²) in [5, 5.41) is 10.2. The zero-order valence-electron chi connectivity index (χ0n) is 23.3. The summed E-state index contributed by atoms with van der Waals surface area (Å²) in [6, 6.07) is -1.48. The first-order valence-corrected chi connectivity index (χ1v) is 13.8. The van der Waals surface area contributed by atoms with Crippen LogP contribution in [0.1, 0.15) is 79.6 Å². The average molecular weight is 519 g/mol. The second kappa shape index (κ2) is 11.3.